The molecule has 0 radical (unpaired) electrons. The summed E-state index contributed by atoms with van der Waals surface area (Å²) >= 11 is 9.42. The van der Waals surface area contributed by atoms with E-state index in [1.807, 2.05) is 36.4 Å². The third-order valence-corrected chi connectivity index (χ3v) is 4.73. The van der Waals surface area contributed by atoms with Crippen molar-refractivity contribution in [2.75, 3.05) is 25.5 Å². The lowest BCUT2D eigenvalue weighted by molar-refractivity contribution is -0.121. The first-order chi connectivity index (χ1) is 12.6. The Balaban J connectivity index is 1.50. The molecule has 0 aliphatic rings. The van der Waals surface area contributed by atoms with Crippen LogP contribution < -0.4 is 15.4 Å². The van der Waals surface area contributed by atoms with Gasteiger partial charge in [0.2, 0.25) is 5.91 Å². The highest BCUT2D eigenvalue weighted by Crippen LogP contribution is 2.27. The van der Waals surface area contributed by atoms with Crippen molar-refractivity contribution in [1.82, 2.24) is 15.1 Å². The van der Waals surface area contributed by atoms with Gasteiger partial charge in [-0.25, -0.2) is 0 Å². The number of benzene rings is 2. The third kappa shape index (κ3) is 4.28. The van der Waals surface area contributed by atoms with E-state index < -0.39 is 0 Å². The molecule has 3 rings (SSSR count). The molecule has 3 aromatic rings. The highest BCUT2D eigenvalue weighted by Gasteiger charge is 2.10. The van der Waals surface area contributed by atoms with Crippen molar-refractivity contribution in [2.45, 2.75) is 6.54 Å². The number of hydrogen-bond acceptors (Lipinski definition) is 4. The molecule has 26 heavy (non-hydrogen) atoms. The van der Waals surface area contributed by atoms with Crippen LogP contribution in [0.4, 0.5) is 5.69 Å². The SMILES string of the molecule is COc1cc(NCCNC(=O)Cn2nc(Br)c3ccccc32)ccc1Cl. The van der Waals surface area contributed by atoms with Crippen LogP contribution in [0.2, 0.25) is 5.02 Å². The molecule has 0 fully saturated rings. The number of nitrogens with one attached hydrogen (secondary N) is 2. The number of methoxy groups -OCH3 is 1. The van der Waals surface area contributed by atoms with Crippen molar-refractivity contribution in [3.63, 3.8) is 0 Å². The fourth-order valence-electron chi connectivity index (χ4n) is 2.58. The van der Waals surface area contributed by atoms with Crippen LogP contribution in [0.15, 0.2) is 47.1 Å². The van der Waals surface area contributed by atoms with E-state index in [1.165, 1.54) is 0 Å². The van der Waals surface area contributed by atoms with Gasteiger partial charge in [0.25, 0.3) is 0 Å². The Morgan fingerprint density at radius 3 is 2.88 bits per heavy atom. The molecule has 0 spiro atoms. The minimum Gasteiger partial charge on any atom is -0.495 e. The molecule has 0 aliphatic heterocycles. The maximum Gasteiger partial charge on any atom is 0.241 e. The molecule has 0 saturated heterocycles. The van der Waals surface area contributed by atoms with Crippen LogP contribution in [0.5, 0.6) is 5.75 Å². The number of rotatable bonds is 7. The van der Waals surface area contributed by atoms with Crippen molar-refractivity contribution in [3.05, 3.63) is 52.1 Å². The Bertz CT molecular complexity index is 929. The summed E-state index contributed by atoms with van der Waals surface area (Å²) in [6, 6.07) is 13.2. The van der Waals surface area contributed by atoms with Gasteiger partial charge in [-0.05, 0) is 34.1 Å². The maximum absolute atomic E-state index is 12.2. The number of aromatic nitrogens is 2. The molecular formula is C18H18BrClN4O2. The van der Waals surface area contributed by atoms with Gasteiger partial charge < -0.3 is 15.4 Å². The molecule has 2 N–H and O–H groups in total. The van der Waals surface area contributed by atoms with Crippen LogP contribution in [0, 0.1) is 0 Å². The molecular weight excluding hydrogens is 420 g/mol. The summed E-state index contributed by atoms with van der Waals surface area (Å²) in [7, 11) is 1.57. The number of para-hydroxylation sites is 1. The lowest BCUT2D eigenvalue weighted by atomic mass is 10.2. The van der Waals surface area contributed by atoms with E-state index in [4.69, 9.17) is 16.3 Å². The Kier molecular flexibility index (Phi) is 6.00. The smallest absolute Gasteiger partial charge is 0.241 e. The van der Waals surface area contributed by atoms with Gasteiger partial charge in [-0.1, -0.05) is 29.8 Å². The van der Waals surface area contributed by atoms with Crippen LogP contribution in [0.3, 0.4) is 0 Å². The van der Waals surface area contributed by atoms with Crippen molar-refractivity contribution >= 4 is 50.0 Å². The molecule has 1 aromatic heterocycles. The number of halogens is 2. The first-order valence-corrected chi connectivity index (χ1v) is 9.20. The molecule has 1 heterocycles. The molecule has 8 heteroatoms. The molecule has 6 nitrogen and oxygen atoms in total. The zero-order valence-electron chi connectivity index (χ0n) is 14.1. The number of ether oxygens (including phenoxy) is 1. The summed E-state index contributed by atoms with van der Waals surface area (Å²) in [5.41, 5.74) is 1.79. The normalized spacial score (nSPS) is 10.7. The van der Waals surface area contributed by atoms with Crippen LogP contribution in [-0.2, 0) is 11.3 Å². The molecule has 0 unspecified atom stereocenters. The Morgan fingerprint density at radius 1 is 1.27 bits per heavy atom. The number of amides is 1. The number of anilines is 1. The van der Waals surface area contributed by atoms with E-state index in [1.54, 1.807) is 17.9 Å². The average Bonchev–Trinajstić information content (AvgIpc) is 2.96. The quantitative estimate of drug-likeness (QED) is 0.553. The van der Waals surface area contributed by atoms with Gasteiger partial charge in [0.05, 0.1) is 17.6 Å². The number of carbonyl (C=O) groups is 1. The van der Waals surface area contributed by atoms with Gasteiger partial charge in [0.1, 0.15) is 16.9 Å². The summed E-state index contributed by atoms with van der Waals surface area (Å²) in [5, 5.41) is 12.0. The van der Waals surface area contributed by atoms with E-state index in [-0.39, 0.29) is 12.5 Å². The fraction of sp³-hybridized carbons (Fsp3) is 0.222. The van der Waals surface area contributed by atoms with E-state index in [2.05, 4.69) is 31.7 Å². The summed E-state index contributed by atoms with van der Waals surface area (Å²) < 4.78 is 7.60. The van der Waals surface area contributed by atoms with E-state index >= 15 is 0 Å². The van der Waals surface area contributed by atoms with Crippen LogP contribution in [0.25, 0.3) is 10.9 Å². The van der Waals surface area contributed by atoms with Crippen LogP contribution in [-0.4, -0.2) is 35.9 Å². The van der Waals surface area contributed by atoms with Crippen molar-refractivity contribution in [3.8, 4) is 5.75 Å². The van der Waals surface area contributed by atoms with Crippen molar-refractivity contribution < 1.29 is 9.53 Å². The zero-order chi connectivity index (χ0) is 18.5. The summed E-state index contributed by atoms with van der Waals surface area (Å²) in [6.07, 6.45) is 0. The Morgan fingerprint density at radius 2 is 2.08 bits per heavy atom. The van der Waals surface area contributed by atoms with Gasteiger partial charge in [-0.15, -0.1) is 0 Å². The second-order valence-corrected chi connectivity index (χ2v) is 6.75. The third-order valence-electron chi connectivity index (χ3n) is 3.83. The Labute approximate surface area is 164 Å². The van der Waals surface area contributed by atoms with Gasteiger partial charge in [-0.2, -0.15) is 5.10 Å². The number of hydrogen-bond donors (Lipinski definition) is 2. The van der Waals surface area contributed by atoms with Gasteiger partial charge >= 0.3 is 0 Å². The first-order valence-electron chi connectivity index (χ1n) is 8.03. The van der Waals surface area contributed by atoms with Crippen LogP contribution >= 0.6 is 27.5 Å². The highest BCUT2D eigenvalue weighted by molar-refractivity contribution is 9.10. The topological polar surface area (TPSA) is 68.2 Å². The molecule has 136 valence electrons. The van der Waals surface area contributed by atoms with E-state index in [0.717, 1.165) is 21.2 Å². The van der Waals surface area contributed by atoms with Gasteiger partial charge in [-0.3, -0.25) is 9.48 Å². The lowest BCUT2D eigenvalue weighted by Gasteiger charge is -2.10. The number of fused-ring (bicyclic) bond motifs is 1. The molecule has 1 amide bonds. The fourth-order valence-corrected chi connectivity index (χ4v) is 3.30. The van der Waals surface area contributed by atoms with Crippen LogP contribution in [0.1, 0.15) is 0 Å². The van der Waals surface area contributed by atoms with Gasteiger partial charge in [0, 0.05) is 30.2 Å². The molecule has 0 aliphatic carbocycles. The average molecular weight is 438 g/mol. The maximum atomic E-state index is 12.2. The number of nitrogens with zero attached hydrogens (tertiary/aromatic N) is 2. The Hall–Kier alpha value is -2.25. The second-order valence-electron chi connectivity index (χ2n) is 5.59. The monoisotopic (exact) mass is 436 g/mol. The highest BCUT2D eigenvalue weighted by atomic mass is 79.9. The summed E-state index contributed by atoms with van der Waals surface area (Å²) in [6.45, 7) is 1.24. The zero-order valence-corrected chi connectivity index (χ0v) is 16.5. The lowest BCUT2D eigenvalue weighted by Crippen LogP contribution is -2.31. The standard InChI is InChI=1S/C18H18BrClN4O2/c1-26-16-10-12(6-7-14(16)20)21-8-9-22-17(25)11-24-15-5-3-2-4-13(15)18(19)23-24/h2-7,10,21H,8-9,11H2,1H3,(H,22,25). The molecule has 0 atom stereocenters. The van der Waals surface area contributed by atoms with E-state index in [9.17, 15) is 4.79 Å². The van der Waals surface area contributed by atoms with Crippen molar-refractivity contribution in [2.24, 2.45) is 0 Å². The minimum absolute atomic E-state index is 0.0961. The van der Waals surface area contributed by atoms with Crippen molar-refractivity contribution in [1.29, 1.82) is 0 Å². The largest absolute Gasteiger partial charge is 0.495 e. The van der Waals surface area contributed by atoms with E-state index in [0.29, 0.717) is 23.9 Å². The second kappa shape index (κ2) is 8.42. The summed E-state index contributed by atoms with van der Waals surface area (Å²) in [4.78, 5) is 12.2. The summed E-state index contributed by atoms with van der Waals surface area (Å²) in [5.74, 6) is 0.512. The minimum atomic E-state index is -0.0961. The predicted octanol–water partition coefficient (Wildman–Crippen LogP) is 3.69. The molecule has 0 saturated carbocycles. The molecule has 0 bridgehead atoms. The first kappa shape index (κ1) is 18.5. The van der Waals surface area contributed by atoms with Gasteiger partial charge in [0.15, 0.2) is 0 Å². The molecule has 2 aromatic carbocycles. The predicted molar refractivity (Wildman–Crippen MR) is 107 cm³/mol. The number of carbonyl (C=O) groups excluding carboxylic acids is 1.